The minimum atomic E-state index is -3.74. The van der Waals surface area contributed by atoms with Crippen molar-refractivity contribution in [1.29, 1.82) is 0 Å². The average molecular weight is 429 g/mol. The van der Waals surface area contributed by atoms with Gasteiger partial charge in [0.1, 0.15) is 0 Å². The van der Waals surface area contributed by atoms with Crippen molar-refractivity contribution in [2.75, 3.05) is 11.8 Å². The number of carbonyl (C=O) groups excluding carboxylic acids is 1. The summed E-state index contributed by atoms with van der Waals surface area (Å²) in [6, 6.07) is 20.6. The quantitative estimate of drug-likeness (QED) is 0.617. The first-order chi connectivity index (χ1) is 13.8. The molecule has 3 aromatic carbocycles. The van der Waals surface area contributed by atoms with Crippen LogP contribution in [0.4, 0.5) is 5.69 Å². The molecular weight excluding hydrogens is 408 g/mol. The van der Waals surface area contributed by atoms with Gasteiger partial charge in [0, 0.05) is 13.6 Å². The van der Waals surface area contributed by atoms with E-state index in [-0.39, 0.29) is 21.5 Å². The van der Waals surface area contributed by atoms with Gasteiger partial charge in [-0.05, 0) is 42.8 Å². The van der Waals surface area contributed by atoms with Crippen molar-refractivity contribution in [2.24, 2.45) is 0 Å². The zero-order valence-electron chi connectivity index (χ0n) is 16.1. The molecule has 150 valence electrons. The number of sulfonamides is 1. The number of aryl methyl sites for hydroxylation is 1. The molecular formula is C22H21ClN2O3S. The van der Waals surface area contributed by atoms with Crippen LogP contribution in [0.2, 0.25) is 5.02 Å². The molecule has 0 bridgehead atoms. The fourth-order valence-electron chi connectivity index (χ4n) is 2.82. The van der Waals surface area contributed by atoms with Crippen molar-refractivity contribution in [3.05, 3.63) is 94.5 Å². The zero-order chi connectivity index (χ0) is 21.0. The summed E-state index contributed by atoms with van der Waals surface area (Å²) in [5.41, 5.74) is 2.57. The SMILES string of the molecule is Cc1ccc(S(=O)(=O)Nc2ccc(C(=O)N(C)Cc3ccccc3)c(Cl)c2)cc1. The average Bonchev–Trinajstić information content (AvgIpc) is 2.68. The summed E-state index contributed by atoms with van der Waals surface area (Å²) in [7, 11) is -2.05. The highest BCUT2D eigenvalue weighted by molar-refractivity contribution is 7.92. The Balaban J connectivity index is 1.75. The number of amides is 1. The lowest BCUT2D eigenvalue weighted by molar-refractivity contribution is 0.0785. The molecule has 1 amide bonds. The fraction of sp³-hybridized carbons (Fsp3) is 0.136. The van der Waals surface area contributed by atoms with Crippen LogP contribution in [-0.2, 0) is 16.6 Å². The van der Waals surface area contributed by atoms with E-state index in [2.05, 4.69) is 4.72 Å². The maximum absolute atomic E-state index is 12.7. The second kappa shape index (κ2) is 8.68. The molecule has 0 saturated carbocycles. The molecule has 0 aliphatic rings. The summed E-state index contributed by atoms with van der Waals surface area (Å²) in [5, 5.41) is 0.180. The van der Waals surface area contributed by atoms with Gasteiger partial charge in [0.15, 0.2) is 0 Å². The Hall–Kier alpha value is -2.83. The van der Waals surface area contributed by atoms with Gasteiger partial charge in [-0.2, -0.15) is 0 Å². The number of nitrogens with zero attached hydrogens (tertiary/aromatic N) is 1. The van der Waals surface area contributed by atoms with Gasteiger partial charge in [-0.25, -0.2) is 8.42 Å². The maximum atomic E-state index is 12.7. The molecule has 3 aromatic rings. The summed E-state index contributed by atoms with van der Waals surface area (Å²) in [4.78, 5) is 14.4. The first-order valence-corrected chi connectivity index (χ1v) is 10.8. The van der Waals surface area contributed by atoms with E-state index in [1.807, 2.05) is 37.3 Å². The molecule has 0 fully saturated rings. The second-order valence-corrected chi connectivity index (χ2v) is 8.85. The van der Waals surface area contributed by atoms with Gasteiger partial charge in [-0.1, -0.05) is 59.6 Å². The summed E-state index contributed by atoms with van der Waals surface area (Å²) in [6.07, 6.45) is 0. The van der Waals surface area contributed by atoms with E-state index in [4.69, 9.17) is 11.6 Å². The normalized spacial score (nSPS) is 11.1. The Kier molecular flexibility index (Phi) is 6.25. The van der Waals surface area contributed by atoms with Crippen LogP contribution < -0.4 is 4.72 Å². The maximum Gasteiger partial charge on any atom is 0.261 e. The van der Waals surface area contributed by atoms with Gasteiger partial charge in [-0.15, -0.1) is 0 Å². The van der Waals surface area contributed by atoms with Crippen molar-refractivity contribution >= 4 is 33.2 Å². The van der Waals surface area contributed by atoms with Crippen LogP contribution in [-0.4, -0.2) is 26.3 Å². The van der Waals surface area contributed by atoms with Crippen molar-refractivity contribution in [1.82, 2.24) is 4.90 Å². The lowest BCUT2D eigenvalue weighted by atomic mass is 10.1. The van der Waals surface area contributed by atoms with E-state index in [0.717, 1.165) is 11.1 Å². The van der Waals surface area contributed by atoms with Crippen molar-refractivity contribution in [2.45, 2.75) is 18.4 Å². The summed E-state index contributed by atoms with van der Waals surface area (Å²) < 4.78 is 27.5. The van der Waals surface area contributed by atoms with Crippen LogP contribution in [0.15, 0.2) is 77.7 Å². The van der Waals surface area contributed by atoms with Crippen molar-refractivity contribution in [3.8, 4) is 0 Å². The molecule has 29 heavy (non-hydrogen) atoms. The minimum absolute atomic E-state index is 0.155. The lowest BCUT2D eigenvalue weighted by Gasteiger charge is -2.18. The van der Waals surface area contributed by atoms with Crippen LogP contribution >= 0.6 is 11.6 Å². The van der Waals surface area contributed by atoms with E-state index in [1.54, 1.807) is 24.1 Å². The molecule has 0 radical (unpaired) electrons. The topological polar surface area (TPSA) is 66.5 Å². The monoisotopic (exact) mass is 428 g/mol. The molecule has 0 heterocycles. The van der Waals surface area contributed by atoms with Crippen molar-refractivity contribution < 1.29 is 13.2 Å². The summed E-state index contributed by atoms with van der Waals surface area (Å²) in [5.74, 6) is -0.244. The Labute approximate surface area is 176 Å². The molecule has 7 heteroatoms. The first-order valence-electron chi connectivity index (χ1n) is 8.95. The van der Waals surface area contributed by atoms with E-state index in [1.165, 1.54) is 30.3 Å². The molecule has 1 N–H and O–H groups in total. The summed E-state index contributed by atoms with van der Waals surface area (Å²) in [6.45, 7) is 2.33. The Bertz CT molecular complexity index is 1110. The third-order valence-electron chi connectivity index (χ3n) is 4.39. The minimum Gasteiger partial charge on any atom is -0.337 e. The van der Waals surface area contributed by atoms with Gasteiger partial charge < -0.3 is 4.90 Å². The number of nitrogens with one attached hydrogen (secondary N) is 1. The van der Waals surface area contributed by atoms with E-state index < -0.39 is 10.0 Å². The van der Waals surface area contributed by atoms with E-state index in [0.29, 0.717) is 12.1 Å². The van der Waals surface area contributed by atoms with Crippen LogP contribution in [0.1, 0.15) is 21.5 Å². The molecule has 0 aliphatic carbocycles. The molecule has 0 spiro atoms. The Morgan fingerprint density at radius 2 is 1.66 bits per heavy atom. The number of hydrogen-bond donors (Lipinski definition) is 1. The highest BCUT2D eigenvalue weighted by Crippen LogP contribution is 2.25. The third-order valence-corrected chi connectivity index (χ3v) is 6.10. The number of carbonyl (C=O) groups is 1. The lowest BCUT2D eigenvalue weighted by Crippen LogP contribution is -2.26. The van der Waals surface area contributed by atoms with Gasteiger partial charge in [0.05, 0.1) is 21.2 Å². The zero-order valence-corrected chi connectivity index (χ0v) is 17.7. The first kappa shape index (κ1) is 20.9. The van der Waals surface area contributed by atoms with Crippen LogP contribution in [0, 0.1) is 6.92 Å². The molecule has 0 saturated heterocycles. The Morgan fingerprint density at radius 3 is 2.28 bits per heavy atom. The van der Waals surface area contributed by atoms with Gasteiger partial charge in [-0.3, -0.25) is 9.52 Å². The van der Waals surface area contributed by atoms with E-state index in [9.17, 15) is 13.2 Å². The van der Waals surface area contributed by atoms with Gasteiger partial charge in [0.25, 0.3) is 15.9 Å². The van der Waals surface area contributed by atoms with E-state index >= 15 is 0 Å². The molecule has 0 unspecified atom stereocenters. The fourth-order valence-corrected chi connectivity index (χ4v) is 4.13. The molecule has 3 rings (SSSR count). The molecule has 5 nitrogen and oxygen atoms in total. The number of halogens is 1. The van der Waals surface area contributed by atoms with Crippen LogP contribution in [0.25, 0.3) is 0 Å². The van der Waals surface area contributed by atoms with Crippen LogP contribution in [0.3, 0.4) is 0 Å². The third kappa shape index (κ3) is 5.16. The van der Waals surface area contributed by atoms with Gasteiger partial charge in [0.2, 0.25) is 0 Å². The largest absolute Gasteiger partial charge is 0.337 e. The Morgan fingerprint density at radius 1 is 1.00 bits per heavy atom. The predicted octanol–water partition coefficient (Wildman–Crippen LogP) is 4.72. The number of anilines is 1. The highest BCUT2D eigenvalue weighted by atomic mass is 35.5. The smallest absolute Gasteiger partial charge is 0.261 e. The summed E-state index contributed by atoms with van der Waals surface area (Å²) >= 11 is 6.28. The van der Waals surface area contributed by atoms with Crippen molar-refractivity contribution in [3.63, 3.8) is 0 Å². The standard InChI is InChI=1S/C22H21ClN2O3S/c1-16-8-11-19(12-9-16)29(27,28)24-18-10-13-20(21(23)14-18)22(26)25(2)15-17-6-4-3-5-7-17/h3-14,24H,15H2,1-2H3. The molecule has 0 atom stereocenters. The van der Waals surface area contributed by atoms with Crippen LogP contribution in [0.5, 0.6) is 0 Å². The molecule has 0 aromatic heterocycles. The second-order valence-electron chi connectivity index (χ2n) is 6.76. The predicted molar refractivity (Wildman–Crippen MR) is 116 cm³/mol. The van der Waals surface area contributed by atoms with Gasteiger partial charge >= 0.3 is 0 Å². The number of rotatable bonds is 6. The molecule has 0 aliphatic heterocycles. The number of hydrogen-bond acceptors (Lipinski definition) is 3. The number of benzene rings is 3. The highest BCUT2D eigenvalue weighted by Gasteiger charge is 2.18.